The molecule has 0 aliphatic heterocycles. The third-order valence-corrected chi connectivity index (χ3v) is 3.86. The molecular formula is C16H24N2O2S. The van der Waals surface area contributed by atoms with E-state index in [-0.39, 0.29) is 0 Å². The first-order valence-corrected chi connectivity index (χ1v) is 7.87. The molecule has 2 N–H and O–H groups in total. The maximum atomic E-state index is 5.78. The second-order valence-electron chi connectivity index (χ2n) is 5.35. The van der Waals surface area contributed by atoms with E-state index < -0.39 is 0 Å². The van der Waals surface area contributed by atoms with Gasteiger partial charge in [0.2, 0.25) is 0 Å². The van der Waals surface area contributed by atoms with Crippen LogP contribution < -0.4 is 10.5 Å². The minimum absolute atomic E-state index is 0.403. The van der Waals surface area contributed by atoms with Crippen LogP contribution in [-0.4, -0.2) is 49.3 Å². The number of thiocarbonyl (C=S) groups is 1. The van der Waals surface area contributed by atoms with Gasteiger partial charge in [0.05, 0.1) is 13.2 Å². The second kappa shape index (κ2) is 8.32. The van der Waals surface area contributed by atoms with E-state index in [4.69, 9.17) is 27.4 Å². The van der Waals surface area contributed by atoms with Crippen LogP contribution in [-0.2, 0) is 4.74 Å². The van der Waals surface area contributed by atoms with E-state index in [2.05, 4.69) is 4.90 Å². The molecule has 0 bridgehead atoms. The summed E-state index contributed by atoms with van der Waals surface area (Å²) in [6, 6.07) is 8.41. The van der Waals surface area contributed by atoms with Gasteiger partial charge in [-0.15, -0.1) is 0 Å². The number of nitrogens with zero attached hydrogens (tertiary/aromatic N) is 1. The van der Waals surface area contributed by atoms with Crippen molar-refractivity contribution in [2.45, 2.75) is 25.3 Å². The number of nitrogens with two attached hydrogens (primary N) is 1. The fourth-order valence-corrected chi connectivity index (χ4v) is 2.45. The summed E-state index contributed by atoms with van der Waals surface area (Å²) in [5.41, 5.74) is 6.47. The largest absolute Gasteiger partial charge is 0.494 e. The Morgan fingerprint density at radius 1 is 1.33 bits per heavy atom. The van der Waals surface area contributed by atoms with Crippen molar-refractivity contribution in [2.24, 2.45) is 5.73 Å². The zero-order chi connectivity index (χ0) is 15.1. The number of hydrogen-bond acceptors (Lipinski definition) is 4. The molecule has 0 unspecified atom stereocenters. The first-order valence-electron chi connectivity index (χ1n) is 7.46. The van der Waals surface area contributed by atoms with Crippen LogP contribution in [0.3, 0.4) is 0 Å². The van der Waals surface area contributed by atoms with Crippen molar-refractivity contribution >= 4 is 17.2 Å². The minimum atomic E-state index is 0.403. The zero-order valence-electron chi connectivity index (χ0n) is 12.6. The van der Waals surface area contributed by atoms with Gasteiger partial charge in [0.15, 0.2) is 0 Å². The van der Waals surface area contributed by atoms with Crippen molar-refractivity contribution in [3.63, 3.8) is 0 Å². The number of benzene rings is 1. The summed E-state index contributed by atoms with van der Waals surface area (Å²) in [6.45, 7) is 3.57. The number of rotatable bonds is 10. The van der Waals surface area contributed by atoms with Gasteiger partial charge in [-0.05, 0) is 31.4 Å². The summed E-state index contributed by atoms with van der Waals surface area (Å²) in [4.78, 5) is 2.90. The Bertz CT molecular complexity index is 463. The molecule has 4 nitrogen and oxygen atoms in total. The van der Waals surface area contributed by atoms with E-state index >= 15 is 0 Å². The van der Waals surface area contributed by atoms with E-state index in [9.17, 15) is 0 Å². The van der Waals surface area contributed by atoms with E-state index in [1.807, 2.05) is 24.3 Å². The Labute approximate surface area is 132 Å². The maximum absolute atomic E-state index is 5.78. The number of ether oxygens (including phenoxy) is 2. The van der Waals surface area contributed by atoms with Crippen molar-refractivity contribution < 1.29 is 9.47 Å². The van der Waals surface area contributed by atoms with Crippen LogP contribution in [0.2, 0.25) is 0 Å². The first-order chi connectivity index (χ1) is 10.2. The topological polar surface area (TPSA) is 47.7 Å². The van der Waals surface area contributed by atoms with Gasteiger partial charge in [-0.1, -0.05) is 24.4 Å². The Kier molecular flexibility index (Phi) is 6.42. The highest BCUT2D eigenvalue weighted by molar-refractivity contribution is 7.80. The summed E-state index contributed by atoms with van der Waals surface area (Å²) in [7, 11) is 1.75. The van der Waals surface area contributed by atoms with E-state index in [0.29, 0.717) is 11.6 Å². The average molecular weight is 308 g/mol. The highest BCUT2D eigenvalue weighted by Gasteiger charge is 2.27. The Morgan fingerprint density at radius 3 is 2.81 bits per heavy atom. The van der Waals surface area contributed by atoms with Crippen molar-refractivity contribution in [2.75, 3.05) is 33.4 Å². The molecule has 0 aromatic heterocycles. The van der Waals surface area contributed by atoms with E-state index in [0.717, 1.165) is 43.5 Å². The molecule has 0 radical (unpaired) electrons. The normalized spacial score (nSPS) is 14.4. The average Bonchev–Trinajstić information content (AvgIpc) is 3.31. The zero-order valence-corrected chi connectivity index (χ0v) is 13.4. The lowest BCUT2D eigenvalue weighted by atomic mass is 10.2. The molecule has 1 aliphatic carbocycles. The molecule has 116 valence electrons. The smallest absolute Gasteiger partial charge is 0.119 e. The predicted molar refractivity (Wildman–Crippen MR) is 88.9 cm³/mol. The van der Waals surface area contributed by atoms with Gasteiger partial charge in [-0.2, -0.15) is 0 Å². The first kappa shape index (κ1) is 16.2. The van der Waals surface area contributed by atoms with Gasteiger partial charge in [-0.3, -0.25) is 4.90 Å². The van der Waals surface area contributed by atoms with Crippen LogP contribution in [0, 0.1) is 0 Å². The van der Waals surface area contributed by atoms with Crippen LogP contribution in [0.5, 0.6) is 5.75 Å². The third-order valence-electron chi connectivity index (χ3n) is 3.62. The summed E-state index contributed by atoms with van der Waals surface area (Å²) in [6.07, 6.45) is 3.65. The van der Waals surface area contributed by atoms with Gasteiger partial charge in [0, 0.05) is 31.8 Å². The summed E-state index contributed by atoms with van der Waals surface area (Å²) in [5.74, 6) is 0.829. The van der Waals surface area contributed by atoms with Crippen molar-refractivity contribution in [1.29, 1.82) is 0 Å². The molecule has 1 aromatic carbocycles. The SMILES string of the molecule is COCCN(CCCOc1cccc(C(N)=S)c1)C1CC1. The van der Waals surface area contributed by atoms with Crippen LogP contribution >= 0.6 is 12.2 Å². The van der Waals surface area contributed by atoms with Crippen LogP contribution in [0.25, 0.3) is 0 Å². The molecule has 21 heavy (non-hydrogen) atoms. The van der Waals surface area contributed by atoms with Crippen molar-refractivity contribution in [3.05, 3.63) is 29.8 Å². The lowest BCUT2D eigenvalue weighted by Crippen LogP contribution is -2.31. The number of hydrogen-bond donors (Lipinski definition) is 1. The molecule has 1 aliphatic rings. The Morgan fingerprint density at radius 2 is 2.14 bits per heavy atom. The summed E-state index contributed by atoms with van der Waals surface area (Å²) < 4.78 is 10.9. The lowest BCUT2D eigenvalue weighted by molar-refractivity contribution is 0.138. The maximum Gasteiger partial charge on any atom is 0.119 e. The molecule has 0 amide bonds. The van der Waals surface area contributed by atoms with Gasteiger partial charge < -0.3 is 15.2 Å². The fraction of sp³-hybridized carbons (Fsp3) is 0.562. The molecule has 5 heteroatoms. The monoisotopic (exact) mass is 308 g/mol. The quantitative estimate of drug-likeness (QED) is 0.530. The van der Waals surface area contributed by atoms with E-state index in [1.165, 1.54) is 12.8 Å². The van der Waals surface area contributed by atoms with Crippen molar-refractivity contribution in [1.82, 2.24) is 4.90 Å². The van der Waals surface area contributed by atoms with Gasteiger partial charge >= 0.3 is 0 Å². The minimum Gasteiger partial charge on any atom is -0.494 e. The van der Waals surface area contributed by atoms with Crippen molar-refractivity contribution in [3.8, 4) is 5.75 Å². The van der Waals surface area contributed by atoms with Crippen LogP contribution in [0.15, 0.2) is 24.3 Å². The van der Waals surface area contributed by atoms with Gasteiger partial charge in [0.25, 0.3) is 0 Å². The molecule has 1 saturated carbocycles. The molecule has 1 fully saturated rings. The molecule has 0 saturated heterocycles. The molecule has 1 aromatic rings. The molecule has 0 atom stereocenters. The second-order valence-corrected chi connectivity index (χ2v) is 5.79. The standard InChI is InChI=1S/C16H24N2O2S/c1-19-11-9-18(14-6-7-14)8-3-10-20-15-5-2-4-13(12-15)16(17)21/h2,4-5,12,14H,3,6-11H2,1H3,(H2,17,21). The van der Waals surface area contributed by atoms with Crippen LogP contribution in [0.4, 0.5) is 0 Å². The highest BCUT2D eigenvalue weighted by Crippen LogP contribution is 2.26. The van der Waals surface area contributed by atoms with Crippen LogP contribution in [0.1, 0.15) is 24.8 Å². The third kappa shape index (κ3) is 5.61. The van der Waals surface area contributed by atoms with E-state index in [1.54, 1.807) is 7.11 Å². The summed E-state index contributed by atoms with van der Waals surface area (Å²) in [5, 5.41) is 0. The summed E-state index contributed by atoms with van der Waals surface area (Å²) >= 11 is 4.97. The highest BCUT2D eigenvalue weighted by atomic mass is 32.1. The van der Waals surface area contributed by atoms with Gasteiger partial charge in [-0.25, -0.2) is 0 Å². The Balaban J connectivity index is 1.71. The fourth-order valence-electron chi connectivity index (χ4n) is 2.32. The lowest BCUT2D eigenvalue weighted by Gasteiger charge is -2.21. The molecule has 0 spiro atoms. The predicted octanol–water partition coefficient (Wildman–Crippen LogP) is 2.20. The number of methoxy groups -OCH3 is 1. The Hall–Kier alpha value is -1.17. The molecule has 2 rings (SSSR count). The molecule has 0 heterocycles. The molecular weight excluding hydrogens is 284 g/mol. The van der Waals surface area contributed by atoms with Gasteiger partial charge in [0.1, 0.15) is 10.7 Å².